The van der Waals surface area contributed by atoms with Gasteiger partial charge in [0.1, 0.15) is 5.82 Å². The summed E-state index contributed by atoms with van der Waals surface area (Å²) in [5.74, 6) is 1.35. The third-order valence-corrected chi connectivity index (χ3v) is 3.21. The molecule has 0 aliphatic carbocycles. The van der Waals surface area contributed by atoms with Crippen molar-refractivity contribution in [1.29, 1.82) is 0 Å². The van der Waals surface area contributed by atoms with Crippen molar-refractivity contribution in [3.05, 3.63) is 23.9 Å². The molecule has 2 N–H and O–H groups in total. The second-order valence-electron chi connectivity index (χ2n) is 5.21. The molecular weight excluding hydrogens is 405 g/mol. The standard InChI is InChI=1S/C16H27N5O.HI/c1-5-6-12-21(4)16(17-3)18-11-10-15(22)20-14-9-7-8-13(2)19-14;/h7-9H,5-6,10-12H2,1-4H3,(H,17,18)(H,19,20,22);1H. The van der Waals surface area contributed by atoms with Gasteiger partial charge in [-0.2, -0.15) is 0 Å². The topological polar surface area (TPSA) is 69.6 Å². The quantitative estimate of drug-likeness (QED) is 0.394. The van der Waals surface area contributed by atoms with Crippen molar-refractivity contribution in [2.24, 2.45) is 4.99 Å². The summed E-state index contributed by atoms with van der Waals surface area (Å²) in [5, 5.41) is 6.00. The first-order valence-electron chi connectivity index (χ1n) is 7.72. The maximum absolute atomic E-state index is 11.9. The third kappa shape index (κ3) is 8.73. The van der Waals surface area contributed by atoms with Crippen molar-refractivity contribution in [2.75, 3.05) is 32.5 Å². The van der Waals surface area contributed by atoms with Gasteiger partial charge >= 0.3 is 0 Å². The molecule has 0 aromatic carbocycles. The Hall–Kier alpha value is -1.38. The molecule has 1 heterocycles. The van der Waals surface area contributed by atoms with Crippen LogP contribution in [-0.4, -0.2) is 48.9 Å². The smallest absolute Gasteiger partial charge is 0.227 e. The van der Waals surface area contributed by atoms with Crippen molar-refractivity contribution in [3.63, 3.8) is 0 Å². The number of carbonyl (C=O) groups is 1. The van der Waals surface area contributed by atoms with E-state index in [1.54, 1.807) is 13.1 Å². The summed E-state index contributed by atoms with van der Waals surface area (Å²) in [7, 11) is 3.75. The van der Waals surface area contributed by atoms with Crippen LogP contribution in [0.2, 0.25) is 0 Å². The minimum atomic E-state index is -0.0581. The zero-order valence-electron chi connectivity index (χ0n) is 14.4. The van der Waals surface area contributed by atoms with Crippen molar-refractivity contribution >= 4 is 41.7 Å². The van der Waals surface area contributed by atoms with Crippen LogP contribution in [-0.2, 0) is 4.79 Å². The number of aryl methyl sites for hydroxylation is 1. The monoisotopic (exact) mass is 433 g/mol. The molecule has 0 spiro atoms. The van der Waals surface area contributed by atoms with E-state index in [1.165, 1.54) is 0 Å². The van der Waals surface area contributed by atoms with E-state index in [-0.39, 0.29) is 29.9 Å². The Kier molecular flexibility index (Phi) is 11.4. The summed E-state index contributed by atoms with van der Waals surface area (Å²) in [4.78, 5) is 22.4. The second-order valence-corrected chi connectivity index (χ2v) is 5.21. The van der Waals surface area contributed by atoms with Gasteiger partial charge in [0.25, 0.3) is 0 Å². The number of nitrogens with one attached hydrogen (secondary N) is 2. The maximum atomic E-state index is 11.9. The average Bonchev–Trinajstić information content (AvgIpc) is 2.49. The Morgan fingerprint density at radius 1 is 1.39 bits per heavy atom. The first-order chi connectivity index (χ1) is 10.6. The highest BCUT2D eigenvalue weighted by Gasteiger charge is 2.07. The van der Waals surface area contributed by atoms with E-state index < -0.39 is 0 Å². The molecule has 1 amide bonds. The first-order valence-corrected chi connectivity index (χ1v) is 7.72. The van der Waals surface area contributed by atoms with E-state index in [4.69, 9.17) is 0 Å². The molecule has 7 heteroatoms. The molecule has 23 heavy (non-hydrogen) atoms. The van der Waals surface area contributed by atoms with E-state index >= 15 is 0 Å². The normalized spacial score (nSPS) is 10.7. The molecule has 1 rings (SSSR count). The molecule has 6 nitrogen and oxygen atoms in total. The molecule has 0 aliphatic rings. The number of amides is 1. The number of hydrogen-bond donors (Lipinski definition) is 2. The fraction of sp³-hybridized carbons (Fsp3) is 0.562. The van der Waals surface area contributed by atoms with E-state index in [9.17, 15) is 4.79 Å². The minimum Gasteiger partial charge on any atom is -0.356 e. The number of carbonyl (C=O) groups excluding carboxylic acids is 1. The summed E-state index contributed by atoms with van der Waals surface area (Å²) in [5.41, 5.74) is 0.883. The predicted molar refractivity (Wildman–Crippen MR) is 107 cm³/mol. The average molecular weight is 433 g/mol. The molecule has 0 aliphatic heterocycles. The third-order valence-electron chi connectivity index (χ3n) is 3.21. The van der Waals surface area contributed by atoms with Gasteiger partial charge in [-0.15, -0.1) is 24.0 Å². The Balaban J connectivity index is 0.00000484. The van der Waals surface area contributed by atoms with Crippen molar-refractivity contribution < 1.29 is 4.79 Å². The number of pyridine rings is 1. The number of aromatic nitrogens is 1. The number of nitrogens with zero attached hydrogens (tertiary/aromatic N) is 3. The number of guanidine groups is 1. The van der Waals surface area contributed by atoms with Crippen LogP contribution in [0.25, 0.3) is 0 Å². The van der Waals surface area contributed by atoms with Crippen molar-refractivity contribution in [3.8, 4) is 0 Å². The van der Waals surface area contributed by atoms with Crippen LogP contribution in [0.15, 0.2) is 23.2 Å². The number of rotatable bonds is 7. The molecule has 0 radical (unpaired) electrons. The van der Waals surface area contributed by atoms with E-state index in [0.29, 0.717) is 18.8 Å². The molecule has 1 aromatic heterocycles. The van der Waals surface area contributed by atoms with Gasteiger partial charge in [0, 0.05) is 39.3 Å². The number of anilines is 1. The Morgan fingerprint density at radius 2 is 2.13 bits per heavy atom. The molecule has 0 bridgehead atoms. The zero-order valence-corrected chi connectivity index (χ0v) is 16.8. The number of unbranched alkanes of at least 4 members (excludes halogenated alkanes) is 1. The van der Waals surface area contributed by atoms with Gasteiger partial charge < -0.3 is 15.5 Å². The van der Waals surface area contributed by atoms with Crippen LogP contribution in [0.5, 0.6) is 0 Å². The van der Waals surface area contributed by atoms with Crippen LogP contribution < -0.4 is 10.6 Å². The molecule has 1 aromatic rings. The number of halogens is 1. The number of hydrogen-bond acceptors (Lipinski definition) is 3. The van der Waals surface area contributed by atoms with Crippen LogP contribution in [0.4, 0.5) is 5.82 Å². The molecule has 0 saturated heterocycles. The molecular formula is C16H28IN5O. The van der Waals surface area contributed by atoms with E-state index in [1.807, 2.05) is 26.1 Å². The molecule has 0 atom stereocenters. The van der Waals surface area contributed by atoms with Gasteiger partial charge in [-0.05, 0) is 25.5 Å². The summed E-state index contributed by atoms with van der Waals surface area (Å²) in [6, 6.07) is 5.56. The second kappa shape index (κ2) is 12.1. The predicted octanol–water partition coefficient (Wildman–Crippen LogP) is 2.64. The van der Waals surface area contributed by atoms with Crippen LogP contribution >= 0.6 is 24.0 Å². The zero-order chi connectivity index (χ0) is 16.4. The molecule has 0 unspecified atom stereocenters. The van der Waals surface area contributed by atoms with Gasteiger partial charge in [0.05, 0.1) is 0 Å². The lowest BCUT2D eigenvalue weighted by molar-refractivity contribution is -0.116. The largest absolute Gasteiger partial charge is 0.356 e. The fourth-order valence-electron chi connectivity index (χ4n) is 1.99. The summed E-state index contributed by atoms with van der Waals surface area (Å²) in [6.07, 6.45) is 2.64. The van der Waals surface area contributed by atoms with Crippen LogP contribution in [0, 0.1) is 6.92 Å². The van der Waals surface area contributed by atoms with Crippen molar-refractivity contribution in [2.45, 2.75) is 33.1 Å². The first kappa shape index (κ1) is 21.6. The highest BCUT2D eigenvalue weighted by molar-refractivity contribution is 14.0. The van der Waals surface area contributed by atoms with Gasteiger partial charge in [-0.25, -0.2) is 4.98 Å². The summed E-state index contributed by atoms with van der Waals surface area (Å²) in [6.45, 7) is 5.55. The van der Waals surface area contributed by atoms with Gasteiger partial charge in [0.15, 0.2) is 5.96 Å². The Bertz CT molecular complexity index is 507. The van der Waals surface area contributed by atoms with Crippen LogP contribution in [0.1, 0.15) is 31.9 Å². The molecule has 0 fully saturated rings. The highest BCUT2D eigenvalue weighted by Crippen LogP contribution is 2.04. The summed E-state index contributed by atoms with van der Waals surface area (Å²) >= 11 is 0. The molecule has 0 saturated carbocycles. The lowest BCUT2D eigenvalue weighted by atomic mass is 10.3. The molecule has 130 valence electrons. The lowest BCUT2D eigenvalue weighted by Gasteiger charge is -2.21. The maximum Gasteiger partial charge on any atom is 0.227 e. The fourth-order valence-corrected chi connectivity index (χ4v) is 1.99. The van der Waals surface area contributed by atoms with Gasteiger partial charge in [-0.3, -0.25) is 9.79 Å². The minimum absolute atomic E-state index is 0. The number of aliphatic imine (C=N–C) groups is 1. The van der Waals surface area contributed by atoms with E-state index in [0.717, 1.165) is 31.0 Å². The van der Waals surface area contributed by atoms with E-state index in [2.05, 4.69) is 32.4 Å². The highest BCUT2D eigenvalue weighted by atomic mass is 127. The Labute approximate surface area is 156 Å². The van der Waals surface area contributed by atoms with Gasteiger partial charge in [-0.1, -0.05) is 19.4 Å². The van der Waals surface area contributed by atoms with Crippen LogP contribution in [0.3, 0.4) is 0 Å². The Morgan fingerprint density at radius 3 is 2.74 bits per heavy atom. The van der Waals surface area contributed by atoms with Crippen molar-refractivity contribution in [1.82, 2.24) is 15.2 Å². The summed E-state index contributed by atoms with van der Waals surface area (Å²) < 4.78 is 0. The SMILES string of the molecule is CCCCN(C)C(=NC)NCCC(=O)Nc1cccc(C)n1.I. The van der Waals surface area contributed by atoms with Gasteiger partial charge in [0.2, 0.25) is 5.91 Å². The lowest BCUT2D eigenvalue weighted by Crippen LogP contribution is -2.40.